The molecule has 0 saturated heterocycles. The van der Waals surface area contributed by atoms with E-state index >= 15 is 0 Å². The van der Waals surface area contributed by atoms with Crippen molar-refractivity contribution in [1.29, 1.82) is 0 Å². The van der Waals surface area contributed by atoms with E-state index in [4.69, 9.17) is 0 Å². The standard InChI is InChI=1S/C16H10F3N3O/c17-16(18,19)15-5-1-3-12(21-15)10-6-7-14(23)11(9-10)13-4-2-8-20-22-13/h1-9,23H. The molecule has 0 amide bonds. The lowest BCUT2D eigenvalue weighted by Crippen LogP contribution is -2.08. The molecule has 1 N–H and O–H groups in total. The average Bonchev–Trinajstić information content (AvgIpc) is 2.55. The number of nitrogens with zero attached hydrogens (tertiary/aromatic N) is 3. The third kappa shape index (κ3) is 3.13. The van der Waals surface area contributed by atoms with Crippen molar-refractivity contribution >= 4 is 0 Å². The van der Waals surface area contributed by atoms with Gasteiger partial charge in [0.15, 0.2) is 0 Å². The normalized spacial score (nSPS) is 11.4. The van der Waals surface area contributed by atoms with Gasteiger partial charge in [-0.05, 0) is 42.5 Å². The van der Waals surface area contributed by atoms with Crippen molar-refractivity contribution in [3.63, 3.8) is 0 Å². The van der Waals surface area contributed by atoms with E-state index in [1.807, 2.05) is 0 Å². The van der Waals surface area contributed by atoms with E-state index in [-0.39, 0.29) is 11.4 Å². The van der Waals surface area contributed by atoms with Crippen LogP contribution in [0.25, 0.3) is 22.5 Å². The fourth-order valence-corrected chi connectivity index (χ4v) is 2.10. The molecule has 0 fully saturated rings. The monoisotopic (exact) mass is 317 g/mol. The minimum absolute atomic E-state index is 0.0405. The van der Waals surface area contributed by atoms with Crippen LogP contribution < -0.4 is 0 Å². The molecular weight excluding hydrogens is 307 g/mol. The molecule has 0 bridgehead atoms. The van der Waals surface area contributed by atoms with E-state index in [1.54, 1.807) is 12.1 Å². The van der Waals surface area contributed by atoms with Gasteiger partial charge in [0.2, 0.25) is 0 Å². The second kappa shape index (κ2) is 5.68. The van der Waals surface area contributed by atoms with E-state index in [0.717, 1.165) is 6.07 Å². The molecule has 0 saturated carbocycles. The fourth-order valence-electron chi connectivity index (χ4n) is 2.10. The number of benzene rings is 1. The summed E-state index contributed by atoms with van der Waals surface area (Å²) in [5.74, 6) is -0.0405. The van der Waals surface area contributed by atoms with E-state index in [0.29, 0.717) is 16.8 Å². The van der Waals surface area contributed by atoms with Gasteiger partial charge in [-0.2, -0.15) is 23.4 Å². The van der Waals surface area contributed by atoms with Gasteiger partial charge in [-0.15, -0.1) is 0 Å². The summed E-state index contributed by atoms with van der Waals surface area (Å²) in [7, 11) is 0. The van der Waals surface area contributed by atoms with Crippen LogP contribution in [-0.4, -0.2) is 20.3 Å². The summed E-state index contributed by atoms with van der Waals surface area (Å²) >= 11 is 0. The molecule has 3 rings (SSSR count). The van der Waals surface area contributed by atoms with Crippen LogP contribution in [0.5, 0.6) is 5.75 Å². The minimum atomic E-state index is -4.51. The highest BCUT2D eigenvalue weighted by molar-refractivity contribution is 5.74. The van der Waals surface area contributed by atoms with E-state index in [2.05, 4.69) is 15.2 Å². The molecule has 2 aromatic heterocycles. The van der Waals surface area contributed by atoms with Crippen LogP contribution in [0.2, 0.25) is 0 Å². The molecule has 2 heterocycles. The first kappa shape index (κ1) is 15.0. The Bertz CT molecular complexity index is 835. The van der Waals surface area contributed by atoms with Gasteiger partial charge < -0.3 is 5.11 Å². The van der Waals surface area contributed by atoms with Crippen molar-refractivity contribution in [1.82, 2.24) is 15.2 Å². The first-order valence-electron chi connectivity index (χ1n) is 6.61. The minimum Gasteiger partial charge on any atom is -0.507 e. The Labute approximate surface area is 129 Å². The maximum Gasteiger partial charge on any atom is 0.433 e. The number of halogens is 3. The highest BCUT2D eigenvalue weighted by Gasteiger charge is 2.32. The first-order valence-corrected chi connectivity index (χ1v) is 6.61. The summed E-state index contributed by atoms with van der Waals surface area (Å²) in [6, 6.07) is 11.4. The van der Waals surface area contributed by atoms with E-state index in [1.165, 1.54) is 36.5 Å². The van der Waals surface area contributed by atoms with Crippen LogP contribution in [0.4, 0.5) is 13.2 Å². The predicted molar refractivity (Wildman–Crippen MR) is 77.4 cm³/mol. The average molecular weight is 317 g/mol. The summed E-state index contributed by atoms with van der Waals surface area (Å²) < 4.78 is 38.3. The van der Waals surface area contributed by atoms with Gasteiger partial charge in [0.25, 0.3) is 0 Å². The Hall–Kier alpha value is -2.96. The highest BCUT2D eigenvalue weighted by atomic mass is 19.4. The second-order valence-electron chi connectivity index (χ2n) is 4.75. The Morgan fingerprint density at radius 3 is 2.39 bits per heavy atom. The fraction of sp³-hybridized carbons (Fsp3) is 0.0625. The zero-order chi connectivity index (χ0) is 16.4. The highest BCUT2D eigenvalue weighted by Crippen LogP contribution is 2.33. The van der Waals surface area contributed by atoms with Crippen molar-refractivity contribution in [2.75, 3.05) is 0 Å². The van der Waals surface area contributed by atoms with Crippen molar-refractivity contribution in [3.05, 3.63) is 60.4 Å². The van der Waals surface area contributed by atoms with Gasteiger partial charge in [-0.25, -0.2) is 4.98 Å². The topological polar surface area (TPSA) is 58.9 Å². The Kier molecular flexibility index (Phi) is 3.69. The Morgan fingerprint density at radius 2 is 1.70 bits per heavy atom. The van der Waals surface area contributed by atoms with Crippen LogP contribution in [0, 0.1) is 0 Å². The molecule has 0 spiro atoms. The number of aromatic hydroxyl groups is 1. The summed E-state index contributed by atoms with van der Waals surface area (Å²) in [6.07, 6.45) is -3.03. The maximum absolute atomic E-state index is 12.8. The third-order valence-corrected chi connectivity index (χ3v) is 3.18. The molecule has 3 aromatic rings. The lowest BCUT2D eigenvalue weighted by Gasteiger charge is -2.09. The number of hydrogen-bond acceptors (Lipinski definition) is 4. The van der Waals surface area contributed by atoms with Crippen LogP contribution >= 0.6 is 0 Å². The third-order valence-electron chi connectivity index (χ3n) is 3.18. The second-order valence-corrected chi connectivity index (χ2v) is 4.75. The van der Waals surface area contributed by atoms with Crippen molar-refractivity contribution < 1.29 is 18.3 Å². The van der Waals surface area contributed by atoms with Gasteiger partial charge in [-0.1, -0.05) is 6.07 Å². The van der Waals surface area contributed by atoms with E-state index < -0.39 is 11.9 Å². The van der Waals surface area contributed by atoms with Gasteiger partial charge in [0, 0.05) is 17.3 Å². The molecule has 0 aliphatic heterocycles. The Balaban J connectivity index is 2.09. The van der Waals surface area contributed by atoms with Crippen LogP contribution in [0.15, 0.2) is 54.7 Å². The SMILES string of the molecule is Oc1ccc(-c2cccc(C(F)(F)F)n2)cc1-c1cccnn1. The molecule has 116 valence electrons. The molecular formula is C16H10F3N3O. The first-order chi connectivity index (χ1) is 10.9. The molecule has 0 radical (unpaired) electrons. The van der Waals surface area contributed by atoms with Gasteiger partial charge in [-0.3, -0.25) is 0 Å². The largest absolute Gasteiger partial charge is 0.507 e. The molecule has 0 unspecified atom stereocenters. The quantitative estimate of drug-likeness (QED) is 0.778. The zero-order valence-corrected chi connectivity index (χ0v) is 11.6. The number of hydrogen-bond donors (Lipinski definition) is 1. The maximum atomic E-state index is 12.8. The lowest BCUT2D eigenvalue weighted by molar-refractivity contribution is -0.141. The van der Waals surface area contributed by atoms with Crippen molar-refractivity contribution in [2.45, 2.75) is 6.18 Å². The molecule has 0 aliphatic rings. The van der Waals surface area contributed by atoms with Gasteiger partial charge in [0.1, 0.15) is 11.4 Å². The molecule has 4 nitrogen and oxygen atoms in total. The number of rotatable bonds is 2. The van der Waals surface area contributed by atoms with Crippen LogP contribution in [-0.2, 0) is 6.18 Å². The smallest absolute Gasteiger partial charge is 0.433 e. The van der Waals surface area contributed by atoms with Crippen LogP contribution in [0.1, 0.15) is 5.69 Å². The summed E-state index contributed by atoms with van der Waals surface area (Å²) in [6.45, 7) is 0. The van der Waals surface area contributed by atoms with Gasteiger partial charge in [0.05, 0.1) is 11.4 Å². The summed E-state index contributed by atoms with van der Waals surface area (Å²) in [5.41, 5.74) is 0.414. The zero-order valence-electron chi connectivity index (χ0n) is 11.6. The summed E-state index contributed by atoms with van der Waals surface area (Å²) in [4.78, 5) is 3.64. The number of aromatic nitrogens is 3. The van der Waals surface area contributed by atoms with Crippen molar-refractivity contribution in [3.8, 4) is 28.3 Å². The van der Waals surface area contributed by atoms with E-state index in [9.17, 15) is 18.3 Å². The number of pyridine rings is 1. The number of alkyl halides is 3. The van der Waals surface area contributed by atoms with Crippen LogP contribution in [0.3, 0.4) is 0 Å². The number of phenolic OH excluding ortho intramolecular Hbond substituents is 1. The molecule has 23 heavy (non-hydrogen) atoms. The Morgan fingerprint density at radius 1 is 0.913 bits per heavy atom. The van der Waals surface area contributed by atoms with Gasteiger partial charge >= 0.3 is 6.18 Å². The lowest BCUT2D eigenvalue weighted by atomic mass is 10.0. The molecule has 7 heteroatoms. The molecule has 1 aromatic carbocycles. The summed E-state index contributed by atoms with van der Waals surface area (Å²) in [5, 5.41) is 17.6. The predicted octanol–water partition coefficient (Wildman–Crippen LogP) is 3.93. The van der Waals surface area contributed by atoms with Crippen molar-refractivity contribution in [2.24, 2.45) is 0 Å². The molecule has 0 atom stereocenters. The molecule has 0 aliphatic carbocycles. The number of phenols is 1.